The molecule has 0 radical (unpaired) electrons. The number of anilines is 1. The minimum Gasteiger partial charge on any atom is -0.271 e. The van der Waals surface area contributed by atoms with Crippen molar-refractivity contribution in [1.82, 2.24) is 5.43 Å². The van der Waals surface area contributed by atoms with Gasteiger partial charge in [0.05, 0.1) is 16.8 Å². The molecule has 1 N–H and O–H groups in total. The molecule has 0 aliphatic carbocycles. The van der Waals surface area contributed by atoms with Crippen molar-refractivity contribution in [1.29, 1.82) is 0 Å². The average molecular weight is 464 g/mol. The number of benzene rings is 3. The summed E-state index contributed by atoms with van der Waals surface area (Å²) in [6.07, 6.45) is 2.37. The Morgan fingerprint density at radius 2 is 1.61 bits per heavy atom. The first-order chi connectivity index (χ1) is 15.8. The van der Waals surface area contributed by atoms with Crippen LogP contribution in [0.3, 0.4) is 0 Å². The van der Waals surface area contributed by atoms with E-state index in [0.717, 1.165) is 21.9 Å². The average Bonchev–Trinajstić information content (AvgIpc) is 2.83. The number of nitrogens with one attached hydrogen (secondary N) is 1. The van der Waals surface area contributed by atoms with Gasteiger partial charge in [-0.3, -0.25) is 9.10 Å². The summed E-state index contributed by atoms with van der Waals surface area (Å²) < 4.78 is 27.7. The highest BCUT2D eigenvalue weighted by Gasteiger charge is 2.27. The van der Waals surface area contributed by atoms with E-state index >= 15 is 0 Å². The number of aryl methyl sites for hydroxylation is 1. The summed E-state index contributed by atoms with van der Waals surface area (Å²) in [5.74, 6) is -0.108. The van der Waals surface area contributed by atoms with Crippen LogP contribution in [0.1, 0.15) is 43.4 Å². The first-order valence-corrected chi connectivity index (χ1v) is 12.3. The van der Waals surface area contributed by atoms with E-state index in [9.17, 15) is 13.2 Å². The van der Waals surface area contributed by atoms with Crippen molar-refractivity contribution in [2.24, 2.45) is 5.10 Å². The molecule has 0 atom stereocenters. The summed E-state index contributed by atoms with van der Waals surface area (Å²) in [6.45, 7) is 5.87. The smallest absolute Gasteiger partial charge is 0.264 e. The highest BCUT2D eigenvalue weighted by Crippen LogP contribution is 2.24. The fraction of sp³-hybridized carbons (Fsp3) is 0.231. The normalized spacial score (nSPS) is 11.6. The molecule has 3 rings (SSSR count). The number of hydrogen-bond donors (Lipinski definition) is 1. The molecule has 3 aromatic carbocycles. The van der Waals surface area contributed by atoms with Crippen molar-refractivity contribution in [2.75, 3.05) is 10.8 Å². The van der Waals surface area contributed by atoms with Crippen molar-refractivity contribution >= 4 is 27.8 Å². The second-order valence-corrected chi connectivity index (χ2v) is 9.82. The molecule has 0 fully saturated rings. The third-order valence-corrected chi connectivity index (χ3v) is 7.05. The van der Waals surface area contributed by atoms with Crippen LogP contribution in [0.25, 0.3) is 0 Å². The quantitative estimate of drug-likeness (QED) is 0.368. The van der Waals surface area contributed by atoms with Gasteiger partial charge in [0.25, 0.3) is 15.9 Å². The molecule has 0 aliphatic heterocycles. The van der Waals surface area contributed by atoms with Gasteiger partial charge < -0.3 is 0 Å². The third kappa shape index (κ3) is 6.29. The van der Waals surface area contributed by atoms with Crippen LogP contribution in [0.2, 0.25) is 0 Å². The maximum Gasteiger partial charge on any atom is 0.264 e. The van der Waals surface area contributed by atoms with Gasteiger partial charge in [0.2, 0.25) is 0 Å². The van der Waals surface area contributed by atoms with Crippen LogP contribution >= 0.6 is 0 Å². The van der Waals surface area contributed by atoms with Gasteiger partial charge in [0.15, 0.2) is 0 Å². The Bertz CT molecular complexity index is 1190. The molecule has 33 heavy (non-hydrogen) atoms. The molecule has 0 spiro atoms. The Labute approximate surface area is 196 Å². The minimum atomic E-state index is -3.94. The number of hydrazone groups is 1. The molecule has 0 bridgehead atoms. The van der Waals surface area contributed by atoms with Crippen LogP contribution in [0, 0.1) is 0 Å². The molecular weight excluding hydrogens is 434 g/mol. The van der Waals surface area contributed by atoms with Gasteiger partial charge in [-0.2, -0.15) is 5.10 Å². The molecule has 0 unspecified atom stereocenters. The van der Waals surface area contributed by atoms with Crippen LogP contribution < -0.4 is 9.73 Å². The molecule has 6 nitrogen and oxygen atoms in total. The van der Waals surface area contributed by atoms with Gasteiger partial charge in [-0.05, 0) is 53.3 Å². The fourth-order valence-electron chi connectivity index (χ4n) is 3.24. The number of carbonyl (C=O) groups is 1. The molecule has 0 aliphatic rings. The highest BCUT2D eigenvalue weighted by atomic mass is 32.2. The first kappa shape index (κ1) is 24.2. The van der Waals surface area contributed by atoms with Gasteiger partial charge in [0, 0.05) is 0 Å². The van der Waals surface area contributed by atoms with Crippen molar-refractivity contribution in [3.05, 3.63) is 95.6 Å². The molecular formula is C26H29N3O3S. The Morgan fingerprint density at radius 1 is 0.970 bits per heavy atom. The number of nitrogens with zero attached hydrogens (tertiary/aromatic N) is 2. The van der Waals surface area contributed by atoms with Crippen LogP contribution in [-0.2, 0) is 21.2 Å². The SMILES string of the molecule is CCc1ccc(N(CC(=O)N/N=C\c2ccc(C(C)C)cc2)S(=O)(=O)c2ccccc2)cc1. The number of rotatable bonds is 9. The van der Waals surface area contributed by atoms with Crippen molar-refractivity contribution in [3.63, 3.8) is 0 Å². The predicted molar refractivity (Wildman–Crippen MR) is 133 cm³/mol. The van der Waals surface area contributed by atoms with E-state index < -0.39 is 22.5 Å². The lowest BCUT2D eigenvalue weighted by Crippen LogP contribution is -2.39. The summed E-state index contributed by atoms with van der Waals surface area (Å²) in [4.78, 5) is 12.7. The number of sulfonamides is 1. The zero-order chi connectivity index (χ0) is 23.8. The lowest BCUT2D eigenvalue weighted by atomic mass is 10.0. The standard InChI is InChI=1S/C26H29N3O3S/c1-4-21-12-16-24(17-13-21)29(33(31,32)25-8-6-5-7-9-25)19-26(30)28-27-18-22-10-14-23(15-11-22)20(2)3/h5-18,20H,4,19H2,1-3H3,(H,28,30)/b27-18-. The van der Waals surface area contributed by atoms with Gasteiger partial charge in [-0.25, -0.2) is 13.8 Å². The lowest BCUT2D eigenvalue weighted by Gasteiger charge is -2.24. The summed E-state index contributed by atoms with van der Waals surface area (Å²) >= 11 is 0. The zero-order valence-electron chi connectivity index (χ0n) is 19.1. The third-order valence-electron chi connectivity index (χ3n) is 5.26. The highest BCUT2D eigenvalue weighted by molar-refractivity contribution is 7.92. The van der Waals surface area contributed by atoms with Crippen LogP contribution in [0.5, 0.6) is 0 Å². The van der Waals surface area contributed by atoms with Gasteiger partial charge >= 0.3 is 0 Å². The van der Waals surface area contributed by atoms with Crippen molar-refractivity contribution in [3.8, 4) is 0 Å². The monoisotopic (exact) mass is 463 g/mol. The summed E-state index contributed by atoms with van der Waals surface area (Å²) in [5, 5.41) is 4.00. The second-order valence-electron chi connectivity index (χ2n) is 7.96. The Hall–Kier alpha value is -3.45. The van der Waals surface area contributed by atoms with Crippen LogP contribution in [0.4, 0.5) is 5.69 Å². The molecule has 172 valence electrons. The summed E-state index contributed by atoms with van der Waals surface area (Å²) in [5.41, 5.74) is 5.98. The predicted octanol–water partition coefficient (Wildman–Crippen LogP) is 4.72. The fourth-order valence-corrected chi connectivity index (χ4v) is 4.69. The zero-order valence-corrected chi connectivity index (χ0v) is 19.9. The minimum absolute atomic E-state index is 0.117. The lowest BCUT2D eigenvalue weighted by molar-refractivity contribution is -0.119. The topological polar surface area (TPSA) is 78.8 Å². The number of amides is 1. The molecule has 0 aromatic heterocycles. The van der Waals surface area contributed by atoms with Crippen molar-refractivity contribution < 1.29 is 13.2 Å². The maximum absolute atomic E-state index is 13.3. The van der Waals surface area contributed by atoms with E-state index in [2.05, 4.69) is 24.4 Å². The summed E-state index contributed by atoms with van der Waals surface area (Å²) in [6, 6.07) is 23.1. The number of carbonyl (C=O) groups excluding carboxylic acids is 1. The largest absolute Gasteiger partial charge is 0.271 e. The van der Waals surface area contributed by atoms with Crippen LogP contribution in [-0.4, -0.2) is 27.1 Å². The maximum atomic E-state index is 13.3. The molecule has 0 saturated carbocycles. The van der Waals surface area contributed by atoms with Gasteiger partial charge in [-0.1, -0.05) is 75.4 Å². The van der Waals surface area contributed by atoms with Crippen LogP contribution in [0.15, 0.2) is 88.9 Å². The van der Waals surface area contributed by atoms with E-state index in [1.807, 2.05) is 43.3 Å². The second kappa shape index (κ2) is 10.9. The van der Waals surface area contributed by atoms with E-state index in [4.69, 9.17) is 0 Å². The molecule has 0 heterocycles. The number of hydrogen-bond acceptors (Lipinski definition) is 4. The Morgan fingerprint density at radius 3 is 2.18 bits per heavy atom. The Balaban J connectivity index is 1.78. The first-order valence-electron chi connectivity index (χ1n) is 10.9. The molecule has 1 amide bonds. The Kier molecular flexibility index (Phi) is 8.01. The molecule has 3 aromatic rings. The van der Waals surface area contributed by atoms with Gasteiger partial charge in [0.1, 0.15) is 6.54 Å². The van der Waals surface area contributed by atoms with E-state index in [0.29, 0.717) is 11.6 Å². The summed E-state index contributed by atoms with van der Waals surface area (Å²) in [7, 11) is -3.94. The van der Waals surface area contributed by atoms with E-state index in [-0.39, 0.29) is 4.90 Å². The van der Waals surface area contributed by atoms with E-state index in [1.54, 1.807) is 30.3 Å². The van der Waals surface area contributed by atoms with E-state index in [1.165, 1.54) is 23.9 Å². The van der Waals surface area contributed by atoms with Gasteiger partial charge in [-0.15, -0.1) is 0 Å². The molecule has 0 saturated heterocycles. The van der Waals surface area contributed by atoms with Crippen molar-refractivity contribution in [2.45, 2.75) is 38.0 Å². The molecule has 7 heteroatoms.